The molecule has 6 heteroatoms. The third-order valence-electron chi connectivity index (χ3n) is 2.49. The van der Waals surface area contributed by atoms with E-state index in [1.54, 1.807) is 30.3 Å². The first kappa shape index (κ1) is 13.2. The van der Waals surface area contributed by atoms with Gasteiger partial charge in [0.1, 0.15) is 0 Å². The lowest BCUT2D eigenvalue weighted by Gasteiger charge is -2.08. The molecule has 2 aromatic rings. The molecule has 3 nitrogen and oxygen atoms in total. The second kappa shape index (κ2) is 4.79. The summed E-state index contributed by atoms with van der Waals surface area (Å²) in [5.41, 5.74) is 0.0679. The molecule has 0 bridgehead atoms. The quantitative estimate of drug-likeness (QED) is 0.899. The van der Waals surface area contributed by atoms with Gasteiger partial charge in [-0.25, -0.2) is 0 Å². The molecule has 19 heavy (non-hydrogen) atoms. The Kier molecular flexibility index (Phi) is 3.33. The topological polar surface area (TPSA) is 42.2 Å². The molecule has 100 valence electrons. The van der Waals surface area contributed by atoms with Gasteiger partial charge in [-0.1, -0.05) is 18.2 Å². The third-order valence-corrected chi connectivity index (χ3v) is 2.49. The van der Waals surface area contributed by atoms with E-state index in [2.05, 4.69) is 9.73 Å². The van der Waals surface area contributed by atoms with Crippen LogP contribution in [0.15, 0.2) is 41.0 Å². The van der Waals surface area contributed by atoms with E-state index >= 15 is 0 Å². The van der Waals surface area contributed by atoms with Crippen molar-refractivity contribution in [2.24, 2.45) is 0 Å². The fourth-order valence-corrected chi connectivity index (χ4v) is 1.65. The molecular weight excluding hydrogens is 259 g/mol. The zero-order valence-electron chi connectivity index (χ0n) is 9.91. The predicted octanol–water partition coefficient (Wildman–Crippen LogP) is 3.86. The number of halogens is 3. The van der Waals surface area contributed by atoms with Gasteiger partial charge in [-0.2, -0.15) is 13.2 Å². The molecule has 1 N–H and O–H groups in total. The van der Waals surface area contributed by atoms with Crippen molar-refractivity contribution in [3.8, 4) is 0 Å². The number of alkyl halides is 3. The Morgan fingerprint density at radius 1 is 1.21 bits per heavy atom. The van der Waals surface area contributed by atoms with Crippen LogP contribution in [0.4, 0.5) is 18.9 Å². The van der Waals surface area contributed by atoms with Gasteiger partial charge in [0.05, 0.1) is 11.8 Å². The summed E-state index contributed by atoms with van der Waals surface area (Å²) in [6.45, 7) is 1.39. The van der Waals surface area contributed by atoms with Crippen LogP contribution in [-0.4, -0.2) is 5.91 Å². The summed E-state index contributed by atoms with van der Waals surface area (Å²) in [6, 6.07) is 8.24. The summed E-state index contributed by atoms with van der Waals surface area (Å²) in [6.07, 6.45) is -3.78. The molecule has 1 amide bonds. The molecule has 0 saturated carbocycles. The smallest absolute Gasteiger partial charge is 0.450 e. The fourth-order valence-electron chi connectivity index (χ4n) is 1.65. The number of aryl methyl sites for hydroxylation is 1. The van der Waals surface area contributed by atoms with Crippen molar-refractivity contribution in [1.29, 1.82) is 0 Å². The molecule has 1 heterocycles. The van der Waals surface area contributed by atoms with Crippen LogP contribution in [0, 0.1) is 6.92 Å². The van der Waals surface area contributed by atoms with E-state index in [9.17, 15) is 18.0 Å². The van der Waals surface area contributed by atoms with Crippen molar-refractivity contribution < 1.29 is 22.4 Å². The molecule has 0 aliphatic heterocycles. The molecular formula is C13H10F3NO2. The summed E-state index contributed by atoms with van der Waals surface area (Å²) in [5, 5.41) is 2.40. The second-order valence-electron chi connectivity index (χ2n) is 3.94. The van der Waals surface area contributed by atoms with E-state index in [-0.39, 0.29) is 5.56 Å². The number of benzene rings is 1. The van der Waals surface area contributed by atoms with Crippen LogP contribution in [0.25, 0.3) is 0 Å². The first-order chi connectivity index (χ1) is 8.89. The Hall–Kier alpha value is -2.24. The zero-order valence-corrected chi connectivity index (χ0v) is 9.91. The van der Waals surface area contributed by atoms with Gasteiger partial charge in [-0.15, -0.1) is 0 Å². The van der Waals surface area contributed by atoms with Gasteiger partial charge in [-0.05, 0) is 19.1 Å². The number of nitrogens with one attached hydrogen (secondary N) is 1. The van der Waals surface area contributed by atoms with Crippen molar-refractivity contribution in [2.75, 3.05) is 5.32 Å². The third kappa shape index (κ3) is 2.78. The maximum Gasteiger partial charge on any atom is 0.450 e. The van der Waals surface area contributed by atoms with E-state index in [1.165, 1.54) is 6.92 Å². The van der Waals surface area contributed by atoms with Gasteiger partial charge in [-0.3, -0.25) is 4.79 Å². The van der Waals surface area contributed by atoms with Gasteiger partial charge >= 0.3 is 6.18 Å². The Morgan fingerprint density at radius 2 is 1.84 bits per heavy atom. The van der Waals surface area contributed by atoms with Crippen molar-refractivity contribution >= 4 is 11.6 Å². The zero-order chi connectivity index (χ0) is 14.0. The number of rotatable bonds is 2. The number of anilines is 1. The minimum absolute atomic E-state index is 0.140. The Labute approximate surface area is 107 Å². The Balaban J connectivity index is 2.32. The van der Waals surface area contributed by atoms with E-state index < -0.39 is 23.4 Å². The highest BCUT2D eigenvalue weighted by Gasteiger charge is 2.40. The second-order valence-corrected chi connectivity index (χ2v) is 3.94. The Bertz CT molecular complexity index is 588. The van der Waals surface area contributed by atoms with Crippen LogP contribution >= 0.6 is 0 Å². The minimum atomic E-state index is -4.70. The molecule has 0 aliphatic rings. The average molecular weight is 269 g/mol. The van der Waals surface area contributed by atoms with Gasteiger partial charge in [0, 0.05) is 11.3 Å². The lowest BCUT2D eigenvalue weighted by atomic mass is 10.1. The standard InChI is InChI=1S/C13H10F3NO2/c1-8-7-19-11(13(14,15)16)10(8)12(18)17-9-5-3-2-4-6-9/h2-7H,1H3,(H,17,18). The van der Waals surface area contributed by atoms with Gasteiger partial charge < -0.3 is 9.73 Å². The lowest BCUT2D eigenvalue weighted by molar-refractivity contribution is -0.153. The highest BCUT2D eigenvalue weighted by Crippen LogP contribution is 2.34. The largest absolute Gasteiger partial charge is 0.459 e. The fraction of sp³-hybridized carbons (Fsp3) is 0.154. The van der Waals surface area contributed by atoms with E-state index in [4.69, 9.17) is 0 Å². The highest BCUT2D eigenvalue weighted by molar-refractivity contribution is 6.06. The molecule has 2 rings (SSSR count). The monoisotopic (exact) mass is 269 g/mol. The predicted molar refractivity (Wildman–Crippen MR) is 62.8 cm³/mol. The lowest BCUT2D eigenvalue weighted by Crippen LogP contribution is -2.17. The highest BCUT2D eigenvalue weighted by atomic mass is 19.4. The SMILES string of the molecule is Cc1coc(C(F)(F)F)c1C(=O)Nc1ccccc1. The van der Waals surface area contributed by atoms with Crippen molar-refractivity contribution in [3.63, 3.8) is 0 Å². The van der Waals surface area contributed by atoms with Crippen LogP contribution in [-0.2, 0) is 6.18 Å². The molecule has 1 aromatic carbocycles. The number of hydrogen-bond donors (Lipinski definition) is 1. The minimum Gasteiger partial charge on any atom is -0.459 e. The average Bonchev–Trinajstić information content (AvgIpc) is 2.72. The molecule has 0 atom stereocenters. The first-order valence-electron chi connectivity index (χ1n) is 5.41. The first-order valence-corrected chi connectivity index (χ1v) is 5.41. The summed E-state index contributed by atoms with van der Waals surface area (Å²) >= 11 is 0. The van der Waals surface area contributed by atoms with Crippen LogP contribution in [0.2, 0.25) is 0 Å². The summed E-state index contributed by atoms with van der Waals surface area (Å²) in [5.74, 6) is -2.12. The summed E-state index contributed by atoms with van der Waals surface area (Å²) in [7, 11) is 0. The molecule has 0 spiro atoms. The molecule has 0 radical (unpaired) electrons. The van der Waals surface area contributed by atoms with Gasteiger partial charge in [0.25, 0.3) is 5.91 Å². The molecule has 1 aromatic heterocycles. The van der Waals surface area contributed by atoms with Gasteiger partial charge in [0.15, 0.2) is 0 Å². The maximum atomic E-state index is 12.7. The van der Waals surface area contributed by atoms with Crippen molar-refractivity contribution in [3.05, 3.63) is 53.5 Å². The van der Waals surface area contributed by atoms with E-state index in [0.717, 1.165) is 6.26 Å². The van der Waals surface area contributed by atoms with E-state index in [0.29, 0.717) is 5.69 Å². The van der Waals surface area contributed by atoms with Crippen LogP contribution in [0.5, 0.6) is 0 Å². The number of para-hydroxylation sites is 1. The number of carbonyl (C=O) groups is 1. The molecule has 0 fully saturated rings. The summed E-state index contributed by atoms with van der Waals surface area (Å²) < 4.78 is 42.5. The number of hydrogen-bond acceptors (Lipinski definition) is 2. The van der Waals surface area contributed by atoms with Crippen LogP contribution < -0.4 is 5.32 Å². The van der Waals surface area contributed by atoms with Crippen LogP contribution in [0.1, 0.15) is 21.7 Å². The van der Waals surface area contributed by atoms with Crippen LogP contribution in [0.3, 0.4) is 0 Å². The maximum absolute atomic E-state index is 12.7. The number of carbonyl (C=O) groups excluding carboxylic acids is 1. The van der Waals surface area contributed by atoms with Crippen molar-refractivity contribution in [2.45, 2.75) is 13.1 Å². The summed E-state index contributed by atoms with van der Waals surface area (Å²) in [4.78, 5) is 11.9. The van der Waals surface area contributed by atoms with E-state index in [1.807, 2.05) is 0 Å². The molecule has 0 unspecified atom stereocenters. The Morgan fingerprint density at radius 3 is 2.42 bits per heavy atom. The normalized spacial score (nSPS) is 11.4. The van der Waals surface area contributed by atoms with Crippen molar-refractivity contribution in [1.82, 2.24) is 0 Å². The van der Waals surface area contributed by atoms with Gasteiger partial charge in [0.2, 0.25) is 5.76 Å². The molecule has 0 saturated heterocycles. The molecule has 0 aliphatic carbocycles. The number of furan rings is 1. The number of amides is 1.